The molecule has 0 saturated heterocycles. The lowest BCUT2D eigenvalue weighted by molar-refractivity contribution is -0.153. The van der Waals surface area contributed by atoms with E-state index in [4.69, 9.17) is 0 Å². The molecule has 146 valence electrons. The second kappa shape index (κ2) is 10.5. The van der Waals surface area contributed by atoms with Gasteiger partial charge in [-0.05, 0) is 24.6 Å². The molecule has 1 rings (SSSR count). The minimum atomic E-state index is -4.36. The second-order valence-electron chi connectivity index (χ2n) is 5.71. The highest BCUT2D eigenvalue weighted by Gasteiger charge is 2.28. The second-order valence-corrected chi connectivity index (χ2v) is 5.71. The van der Waals surface area contributed by atoms with Gasteiger partial charge < -0.3 is 20.3 Å². The van der Waals surface area contributed by atoms with E-state index in [1.807, 2.05) is 6.92 Å². The summed E-state index contributed by atoms with van der Waals surface area (Å²) in [6.45, 7) is 2.07. The van der Waals surface area contributed by atoms with Crippen LogP contribution in [0.2, 0.25) is 0 Å². The zero-order valence-electron chi connectivity index (χ0n) is 15.2. The Morgan fingerprint density at radius 3 is 2.38 bits per heavy atom. The van der Waals surface area contributed by atoms with Gasteiger partial charge >= 0.3 is 6.18 Å². The molecule has 0 spiro atoms. The highest BCUT2D eigenvalue weighted by molar-refractivity contribution is 5.81. The highest BCUT2D eigenvalue weighted by Crippen LogP contribution is 2.19. The predicted octanol–water partition coefficient (Wildman–Crippen LogP) is 2.16. The Kier molecular flexibility index (Phi) is 8.74. The first-order valence-electron chi connectivity index (χ1n) is 8.22. The molecule has 0 aliphatic heterocycles. The van der Waals surface area contributed by atoms with E-state index in [2.05, 4.69) is 20.4 Å². The van der Waals surface area contributed by atoms with E-state index in [9.17, 15) is 18.0 Å². The maximum atomic E-state index is 12.1. The van der Waals surface area contributed by atoms with Gasteiger partial charge in [0, 0.05) is 33.6 Å². The van der Waals surface area contributed by atoms with Crippen molar-refractivity contribution in [2.75, 3.05) is 33.8 Å². The van der Waals surface area contributed by atoms with Gasteiger partial charge in [-0.15, -0.1) is 0 Å². The molecule has 0 aliphatic carbocycles. The molecule has 0 atom stereocenters. The number of hydrogen-bond donors (Lipinski definition) is 2. The largest absolute Gasteiger partial charge is 0.484 e. The van der Waals surface area contributed by atoms with Gasteiger partial charge in [0.15, 0.2) is 12.6 Å². The van der Waals surface area contributed by atoms with Crippen molar-refractivity contribution < 1.29 is 22.7 Å². The number of guanidine groups is 1. The van der Waals surface area contributed by atoms with Gasteiger partial charge in [-0.3, -0.25) is 4.79 Å². The third kappa shape index (κ3) is 9.14. The van der Waals surface area contributed by atoms with Gasteiger partial charge in [-0.1, -0.05) is 12.1 Å². The maximum absolute atomic E-state index is 12.1. The van der Waals surface area contributed by atoms with E-state index >= 15 is 0 Å². The first-order chi connectivity index (χ1) is 12.2. The van der Waals surface area contributed by atoms with Crippen molar-refractivity contribution >= 4 is 11.9 Å². The fourth-order valence-electron chi connectivity index (χ4n) is 1.88. The van der Waals surface area contributed by atoms with Crippen LogP contribution >= 0.6 is 0 Å². The van der Waals surface area contributed by atoms with Gasteiger partial charge in [0.05, 0.1) is 6.54 Å². The molecule has 1 aromatic carbocycles. The Bertz CT molecular complexity index is 587. The summed E-state index contributed by atoms with van der Waals surface area (Å²) < 4.78 is 41.0. The third-order valence-corrected chi connectivity index (χ3v) is 3.22. The fourth-order valence-corrected chi connectivity index (χ4v) is 1.88. The summed E-state index contributed by atoms with van der Waals surface area (Å²) in [4.78, 5) is 17.5. The first kappa shape index (κ1) is 21.6. The van der Waals surface area contributed by atoms with Crippen LogP contribution < -0.4 is 15.4 Å². The number of amides is 1. The Morgan fingerprint density at radius 1 is 1.19 bits per heavy atom. The zero-order chi connectivity index (χ0) is 19.6. The molecule has 0 saturated carbocycles. The summed E-state index contributed by atoms with van der Waals surface area (Å²) >= 11 is 0. The molecule has 1 amide bonds. The SMILES string of the molecule is CCNC(=NCc1ccc(OCC(F)(F)F)cc1)NCCC(=O)N(C)C. The Hall–Kier alpha value is -2.45. The molecule has 0 bridgehead atoms. The van der Waals surface area contributed by atoms with Crippen molar-refractivity contribution in [3.05, 3.63) is 29.8 Å². The van der Waals surface area contributed by atoms with Crippen molar-refractivity contribution in [2.24, 2.45) is 4.99 Å². The van der Waals surface area contributed by atoms with Crippen LogP contribution in [-0.4, -0.2) is 56.7 Å². The molecular formula is C17H25F3N4O2. The fraction of sp³-hybridized carbons (Fsp3) is 0.529. The smallest absolute Gasteiger partial charge is 0.422 e. The number of alkyl halides is 3. The van der Waals surface area contributed by atoms with Crippen LogP contribution in [0, 0.1) is 0 Å². The van der Waals surface area contributed by atoms with Crippen molar-refractivity contribution in [2.45, 2.75) is 26.1 Å². The molecule has 1 aromatic rings. The molecule has 26 heavy (non-hydrogen) atoms. The highest BCUT2D eigenvalue weighted by atomic mass is 19.4. The van der Waals surface area contributed by atoms with Crippen molar-refractivity contribution in [3.8, 4) is 5.75 Å². The molecule has 2 N–H and O–H groups in total. The summed E-state index contributed by atoms with van der Waals surface area (Å²) in [5.41, 5.74) is 0.825. The van der Waals surface area contributed by atoms with Crippen LogP contribution in [0.15, 0.2) is 29.3 Å². The van der Waals surface area contributed by atoms with Crippen LogP contribution in [0.5, 0.6) is 5.75 Å². The minimum absolute atomic E-state index is 0.0165. The lowest BCUT2D eigenvalue weighted by Crippen LogP contribution is -2.39. The molecule has 0 radical (unpaired) electrons. The maximum Gasteiger partial charge on any atom is 0.422 e. The van der Waals surface area contributed by atoms with E-state index < -0.39 is 12.8 Å². The molecule has 0 aliphatic rings. The molecule has 0 heterocycles. The van der Waals surface area contributed by atoms with Crippen LogP contribution in [-0.2, 0) is 11.3 Å². The Balaban J connectivity index is 2.53. The Morgan fingerprint density at radius 2 is 1.85 bits per heavy atom. The monoisotopic (exact) mass is 374 g/mol. The average Bonchev–Trinajstić information content (AvgIpc) is 2.57. The summed E-state index contributed by atoms with van der Waals surface area (Å²) in [5.74, 6) is 0.738. The number of aliphatic imine (C=N–C) groups is 1. The van der Waals surface area contributed by atoms with Gasteiger partial charge in [0.2, 0.25) is 5.91 Å². The average molecular weight is 374 g/mol. The summed E-state index contributed by atoms with van der Waals surface area (Å²) in [6, 6.07) is 6.28. The van der Waals surface area contributed by atoms with Crippen LogP contribution in [0.1, 0.15) is 18.9 Å². The number of nitrogens with zero attached hydrogens (tertiary/aromatic N) is 2. The van der Waals surface area contributed by atoms with Crippen LogP contribution in [0.3, 0.4) is 0 Å². The first-order valence-corrected chi connectivity index (χ1v) is 8.22. The number of carbonyl (C=O) groups excluding carboxylic acids is 1. The molecule has 0 unspecified atom stereocenters. The normalized spacial score (nSPS) is 11.8. The number of benzene rings is 1. The zero-order valence-corrected chi connectivity index (χ0v) is 15.2. The van der Waals surface area contributed by atoms with E-state index in [0.29, 0.717) is 32.0 Å². The number of hydrogen-bond acceptors (Lipinski definition) is 3. The van der Waals surface area contributed by atoms with Gasteiger partial charge in [0.25, 0.3) is 0 Å². The number of rotatable bonds is 8. The van der Waals surface area contributed by atoms with Crippen LogP contribution in [0.25, 0.3) is 0 Å². The lowest BCUT2D eigenvalue weighted by Gasteiger charge is -2.13. The number of nitrogens with one attached hydrogen (secondary N) is 2. The lowest BCUT2D eigenvalue weighted by atomic mass is 10.2. The van der Waals surface area contributed by atoms with Crippen molar-refractivity contribution in [1.29, 1.82) is 0 Å². The topological polar surface area (TPSA) is 66.0 Å². The minimum Gasteiger partial charge on any atom is -0.484 e. The van der Waals surface area contributed by atoms with E-state index in [1.54, 1.807) is 26.2 Å². The summed E-state index contributed by atoms with van der Waals surface area (Å²) in [6.07, 6.45) is -4.01. The molecule has 9 heteroatoms. The van der Waals surface area contributed by atoms with E-state index in [1.165, 1.54) is 17.0 Å². The molecular weight excluding hydrogens is 349 g/mol. The standard InChI is InChI=1S/C17H25F3N4O2/c1-4-21-16(22-10-9-15(25)24(2)3)23-11-13-5-7-14(8-6-13)26-12-17(18,19)20/h5-8H,4,9-12H2,1-3H3,(H2,21,22,23). The van der Waals surface area contributed by atoms with Gasteiger partial charge in [-0.25, -0.2) is 4.99 Å². The van der Waals surface area contributed by atoms with E-state index in [0.717, 1.165) is 5.56 Å². The summed E-state index contributed by atoms with van der Waals surface area (Å²) in [7, 11) is 3.40. The van der Waals surface area contributed by atoms with Crippen molar-refractivity contribution in [1.82, 2.24) is 15.5 Å². The number of carbonyl (C=O) groups is 1. The summed E-state index contributed by atoms with van der Waals surface area (Å²) in [5, 5.41) is 6.14. The van der Waals surface area contributed by atoms with Gasteiger partial charge in [-0.2, -0.15) is 13.2 Å². The quantitative estimate of drug-likeness (QED) is 0.541. The van der Waals surface area contributed by atoms with Crippen LogP contribution in [0.4, 0.5) is 13.2 Å². The van der Waals surface area contributed by atoms with Gasteiger partial charge in [0.1, 0.15) is 5.75 Å². The predicted molar refractivity (Wildman–Crippen MR) is 94.1 cm³/mol. The molecule has 6 nitrogen and oxygen atoms in total. The Labute approximate surface area is 151 Å². The number of halogens is 3. The third-order valence-electron chi connectivity index (χ3n) is 3.22. The van der Waals surface area contributed by atoms with E-state index in [-0.39, 0.29) is 11.7 Å². The molecule has 0 fully saturated rings. The molecule has 0 aromatic heterocycles. The number of ether oxygens (including phenoxy) is 1. The van der Waals surface area contributed by atoms with Crippen molar-refractivity contribution in [3.63, 3.8) is 0 Å².